The highest BCUT2D eigenvalue weighted by atomic mass is 19.1. The first-order valence-electron chi connectivity index (χ1n) is 3.95. The van der Waals surface area contributed by atoms with Crippen LogP contribution in [-0.2, 0) is 0 Å². The Morgan fingerprint density at radius 1 is 1.54 bits per heavy atom. The van der Waals surface area contributed by atoms with Crippen molar-refractivity contribution in [2.24, 2.45) is 0 Å². The Bertz CT molecular complexity index is 286. The lowest BCUT2D eigenvalue weighted by molar-refractivity contribution is 0.282. The van der Waals surface area contributed by atoms with Gasteiger partial charge in [-0.1, -0.05) is 0 Å². The molecule has 0 aliphatic rings. The first-order chi connectivity index (χ1) is 6.17. The third kappa shape index (κ3) is 2.42. The molecule has 0 aliphatic heterocycles. The van der Waals surface area contributed by atoms with Gasteiger partial charge in [-0.3, -0.25) is 0 Å². The standard InChI is InChI=1S/C10H12FO2/c1-7(6-12)8-3-9(11)5-10(4-8)13-2/h3-5,7,12H,1,6H2,2H3. The molecule has 0 fully saturated rings. The molecule has 3 heteroatoms. The maximum atomic E-state index is 12.9. The van der Waals surface area contributed by atoms with Crippen molar-refractivity contribution in [2.45, 2.75) is 5.92 Å². The van der Waals surface area contributed by atoms with Crippen LogP contribution in [0.5, 0.6) is 5.75 Å². The quantitative estimate of drug-likeness (QED) is 0.773. The number of benzene rings is 1. The summed E-state index contributed by atoms with van der Waals surface area (Å²) in [6, 6.07) is 4.29. The van der Waals surface area contributed by atoms with Gasteiger partial charge >= 0.3 is 0 Å². The van der Waals surface area contributed by atoms with E-state index in [4.69, 9.17) is 9.84 Å². The van der Waals surface area contributed by atoms with Gasteiger partial charge in [-0.05, 0) is 24.6 Å². The van der Waals surface area contributed by atoms with E-state index in [9.17, 15) is 4.39 Å². The largest absolute Gasteiger partial charge is 0.497 e. The Kier molecular flexibility index (Phi) is 3.25. The van der Waals surface area contributed by atoms with Crippen molar-refractivity contribution < 1.29 is 14.2 Å². The summed E-state index contributed by atoms with van der Waals surface area (Å²) in [6.07, 6.45) is 0. The molecular formula is C10H12FO2. The predicted octanol–water partition coefficient (Wildman–Crippen LogP) is 1.74. The average Bonchev–Trinajstić information content (AvgIpc) is 2.15. The van der Waals surface area contributed by atoms with Gasteiger partial charge in [0.25, 0.3) is 0 Å². The Balaban J connectivity index is 3.01. The molecule has 1 radical (unpaired) electrons. The number of aliphatic hydroxyl groups excluding tert-OH is 1. The number of rotatable bonds is 3. The van der Waals surface area contributed by atoms with E-state index in [0.29, 0.717) is 11.3 Å². The van der Waals surface area contributed by atoms with Crippen LogP contribution < -0.4 is 4.74 Å². The molecule has 0 saturated carbocycles. The fraction of sp³-hybridized carbons (Fsp3) is 0.300. The van der Waals surface area contributed by atoms with Gasteiger partial charge < -0.3 is 9.84 Å². The number of halogens is 1. The molecule has 0 heterocycles. The van der Waals surface area contributed by atoms with Gasteiger partial charge in [0.1, 0.15) is 11.6 Å². The molecule has 0 aromatic heterocycles. The van der Waals surface area contributed by atoms with Crippen molar-refractivity contribution in [3.05, 3.63) is 36.5 Å². The number of aliphatic hydroxyl groups is 1. The monoisotopic (exact) mass is 183 g/mol. The summed E-state index contributed by atoms with van der Waals surface area (Å²) in [6.45, 7) is 3.57. The summed E-state index contributed by atoms with van der Waals surface area (Å²) in [5.41, 5.74) is 0.638. The zero-order valence-corrected chi connectivity index (χ0v) is 7.46. The molecule has 1 aromatic carbocycles. The van der Waals surface area contributed by atoms with E-state index in [-0.39, 0.29) is 18.3 Å². The smallest absolute Gasteiger partial charge is 0.127 e. The maximum absolute atomic E-state index is 12.9. The van der Waals surface area contributed by atoms with E-state index in [1.54, 1.807) is 6.07 Å². The number of hydrogen-bond donors (Lipinski definition) is 1. The minimum absolute atomic E-state index is 0.105. The second-order valence-corrected chi connectivity index (χ2v) is 2.80. The maximum Gasteiger partial charge on any atom is 0.127 e. The fourth-order valence-electron chi connectivity index (χ4n) is 1.04. The van der Waals surface area contributed by atoms with Crippen molar-refractivity contribution in [3.63, 3.8) is 0 Å². The molecule has 1 rings (SSSR count). The Hall–Kier alpha value is -1.09. The minimum Gasteiger partial charge on any atom is -0.497 e. The molecular weight excluding hydrogens is 171 g/mol. The number of ether oxygens (including phenoxy) is 1. The van der Waals surface area contributed by atoms with E-state index in [0.717, 1.165) is 0 Å². The highest BCUT2D eigenvalue weighted by Crippen LogP contribution is 2.21. The van der Waals surface area contributed by atoms with E-state index in [1.807, 2.05) is 0 Å². The molecule has 1 N–H and O–H groups in total. The van der Waals surface area contributed by atoms with Crippen molar-refractivity contribution >= 4 is 0 Å². The third-order valence-corrected chi connectivity index (χ3v) is 1.82. The van der Waals surface area contributed by atoms with Crippen LogP contribution in [0, 0.1) is 12.7 Å². The van der Waals surface area contributed by atoms with Gasteiger partial charge in [-0.2, -0.15) is 0 Å². The van der Waals surface area contributed by atoms with E-state index in [1.165, 1.54) is 19.2 Å². The lowest BCUT2D eigenvalue weighted by Crippen LogP contribution is -2.00. The molecule has 1 aromatic rings. The third-order valence-electron chi connectivity index (χ3n) is 1.82. The molecule has 0 spiro atoms. The molecule has 71 valence electrons. The topological polar surface area (TPSA) is 29.5 Å². The highest BCUT2D eigenvalue weighted by Gasteiger charge is 2.07. The van der Waals surface area contributed by atoms with Crippen molar-refractivity contribution in [3.8, 4) is 5.75 Å². The Morgan fingerprint density at radius 2 is 2.23 bits per heavy atom. The molecule has 2 nitrogen and oxygen atoms in total. The zero-order chi connectivity index (χ0) is 9.84. The van der Waals surface area contributed by atoms with Crippen molar-refractivity contribution in [2.75, 3.05) is 13.7 Å². The van der Waals surface area contributed by atoms with Crippen LogP contribution in [0.15, 0.2) is 18.2 Å². The van der Waals surface area contributed by atoms with Gasteiger partial charge in [-0.15, -0.1) is 0 Å². The second kappa shape index (κ2) is 4.23. The average molecular weight is 183 g/mol. The molecule has 13 heavy (non-hydrogen) atoms. The second-order valence-electron chi connectivity index (χ2n) is 2.80. The summed E-state index contributed by atoms with van der Waals surface area (Å²) < 4.78 is 17.8. The number of hydrogen-bond acceptors (Lipinski definition) is 2. The fourth-order valence-corrected chi connectivity index (χ4v) is 1.04. The lowest BCUT2D eigenvalue weighted by atomic mass is 10.0. The van der Waals surface area contributed by atoms with Gasteiger partial charge in [0.05, 0.1) is 7.11 Å². The first-order valence-corrected chi connectivity index (χ1v) is 3.95. The summed E-state index contributed by atoms with van der Waals surface area (Å²) >= 11 is 0. The van der Waals surface area contributed by atoms with Gasteiger partial charge in [-0.25, -0.2) is 4.39 Å². The SMILES string of the molecule is [CH2]C(CO)c1cc(F)cc(OC)c1. The van der Waals surface area contributed by atoms with E-state index in [2.05, 4.69) is 6.92 Å². The van der Waals surface area contributed by atoms with Gasteiger partial charge in [0.15, 0.2) is 0 Å². The molecule has 0 amide bonds. The highest BCUT2D eigenvalue weighted by molar-refractivity contribution is 5.32. The first kappa shape index (κ1) is 9.99. The Labute approximate surface area is 77.0 Å². The van der Waals surface area contributed by atoms with Crippen LogP contribution >= 0.6 is 0 Å². The van der Waals surface area contributed by atoms with Crippen LogP contribution in [0.4, 0.5) is 4.39 Å². The Morgan fingerprint density at radius 3 is 2.77 bits per heavy atom. The predicted molar refractivity (Wildman–Crippen MR) is 48.1 cm³/mol. The normalized spacial score (nSPS) is 12.6. The van der Waals surface area contributed by atoms with Crippen LogP contribution in [0.3, 0.4) is 0 Å². The van der Waals surface area contributed by atoms with E-state index >= 15 is 0 Å². The molecule has 0 aliphatic carbocycles. The van der Waals surface area contributed by atoms with Gasteiger partial charge in [0, 0.05) is 18.6 Å². The zero-order valence-electron chi connectivity index (χ0n) is 7.46. The van der Waals surface area contributed by atoms with Crippen LogP contribution in [0.2, 0.25) is 0 Å². The summed E-state index contributed by atoms with van der Waals surface area (Å²) in [4.78, 5) is 0. The molecule has 0 bridgehead atoms. The van der Waals surface area contributed by atoms with E-state index < -0.39 is 0 Å². The number of methoxy groups -OCH3 is 1. The van der Waals surface area contributed by atoms with Gasteiger partial charge in [0.2, 0.25) is 0 Å². The lowest BCUT2D eigenvalue weighted by Gasteiger charge is -2.09. The van der Waals surface area contributed by atoms with Crippen LogP contribution in [-0.4, -0.2) is 18.8 Å². The van der Waals surface area contributed by atoms with Crippen molar-refractivity contribution in [1.82, 2.24) is 0 Å². The minimum atomic E-state index is -0.378. The summed E-state index contributed by atoms with van der Waals surface area (Å²) in [5.74, 6) is -0.252. The summed E-state index contributed by atoms with van der Waals surface area (Å²) in [7, 11) is 1.47. The summed E-state index contributed by atoms with van der Waals surface area (Å²) in [5, 5.41) is 8.82. The molecule has 1 unspecified atom stereocenters. The van der Waals surface area contributed by atoms with Crippen LogP contribution in [0.25, 0.3) is 0 Å². The van der Waals surface area contributed by atoms with Crippen LogP contribution in [0.1, 0.15) is 11.5 Å². The van der Waals surface area contributed by atoms with Crippen molar-refractivity contribution in [1.29, 1.82) is 0 Å². The molecule has 0 saturated heterocycles. The molecule has 1 atom stereocenters.